The van der Waals surface area contributed by atoms with Gasteiger partial charge in [-0.3, -0.25) is 9.59 Å². The maximum absolute atomic E-state index is 12.5. The van der Waals surface area contributed by atoms with Crippen molar-refractivity contribution in [3.8, 4) is 5.75 Å². The molecule has 0 saturated carbocycles. The number of halogens is 2. The highest BCUT2D eigenvalue weighted by atomic mass is 19.3. The van der Waals surface area contributed by atoms with Gasteiger partial charge in [0.05, 0.1) is 6.21 Å². The Morgan fingerprint density at radius 1 is 1.23 bits per heavy atom. The maximum atomic E-state index is 12.5. The number of primary amides is 1. The molecule has 0 radical (unpaired) electrons. The third kappa shape index (κ3) is 3.54. The zero-order chi connectivity index (χ0) is 16.1. The minimum Gasteiger partial charge on any atom is -0.434 e. The lowest BCUT2D eigenvalue weighted by atomic mass is 10.0. The highest BCUT2D eigenvalue weighted by Crippen LogP contribution is 2.27. The fourth-order valence-electron chi connectivity index (χ4n) is 1.82. The van der Waals surface area contributed by atoms with Gasteiger partial charge < -0.3 is 10.5 Å². The predicted molar refractivity (Wildman–Crippen MR) is 75.5 cm³/mol. The molecule has 0 unspecified atom stereocenters. The lowest BCUT2D eigenvalue weighted by Crippen LogP contribution is -2.32. The number of hydrogen-bond donors (Lipinski definition) is 2. The van der Waals surface area contributed by atoms with Gasteiger partial charge in [-0.1, -0.05) is 30.3 Å². The number of nitrogens with two attached hydrogens (primary N) is 1. The summed E-state index contributed by atoms with van der Waals surface area (Å²) < 4.78 is 29.3. The highest BCUT2D eigenvalue weighted by molar-refractivity contribution is 6.34. The summed E-state index contributed by atoms with van der Waals surface area (Å²) in [7, 11) is 0. The van der Waals surface area contributed by atoms with E-state index in [9.17, 15) is 18.4 Å². The lowest BCUT2D eigenvalue weighted by molar-refractivity contribution is -0.137. The number of hydrazone groups is 1. The molecule has 2 amide bonds. The van der Waals surface area contributed by atoms with Gasteiger partial charge in [0, 0.05) is 5.56 Å². The van der Waals surface area contributed by atoms with Crippen LogP contribution < -0.4 is 15.9 Å². The number of nitrogens with zero attached hydrogens (tertiary/aromatic N) is 1. The second-order valence-electron chi connectivity index (χ2n) is 4.14. The molecule has 0 aromatic heterocycles. The van der Waals surface area contributed by atoms with E-state index in [0.717, 1.165) is 11.6 Å². The van der Waals surface area contributed by atoms with E-state index in [2.05, 4.69) is 9.84 Å². The normalized spacial score (nSPS) is 11.0. The second kappa shape index (κ2) is 6.61. The fraction of sp³-hybridized carbons (Fsp3) is 0.0714. The number of carbonyl (C=O) groups excluding carboxylic acids is 2. The maximum Gasteiger partial charge on any atom is 0.387 e. The number of amides is 2. The third-order valence-corrected chi connectivity index (χ3v) is 2.73. The number of nitrogens with one attached hydrogen (secondary N) is 1. The first kappa shape index (κ1) is 15.4. The molecule has 2 rings (SSSR count). The van der Waals surface area contributed by atoms with Crippen LogP contribution in [0.15, 0.2) is 41.5 Å². The van der Waals surface area contributed by atoms with Crippen LogP contribution in [0.3, 0.4) is 0 Å². The van der Waals surface area contributed by atoms with Crippen LogP contribution >= 0.6 is 0 Å². The fourth-order valence-corrected chi connectivity index (χ4v) is 1.82. The van der Waals surface area contributed by atoms with Crippen molar-refractivity contribution in [3.05, 3.63) is 42.0 Å². The van der Waals surface area contributed by atoms with E-state index in [1.807, 2.05) is 5.43 Å². The first-order valence-corrected chi connectivity index (χ1v) is 6.08. The van der Waals surface area contributed by atoms with E-state index in [4.69, 9.17) is 5.73 Å². The Morgan fingerprint density at radius 2 is 1.95 bits per heavy atom. The summed E-state index contributed by atoms with van der Waals surface area (Å²) in [6, 6.07) is 9.95. The van der Waals surface area contributed by atoms with E-state index in [-0.39, 0.29) is 11.3 Å². The van der Waals surface area contributed by atoms with Crippen molar-refractivity contribution >= 4 is 28.8 Å². The van der Waals surface area contributed by atoms with Crippen molar-refractivity contribution < 1.29 is 23.1 Å². The van der Waals surface area contributed by atoms with E-state index in [0.29, 0.717) is 5.39 Å². The molecule has 0 saturated heterocycles. The molecular formula is C14H11F2N3O3. The molecule has 0 heterocycles. The van der Waals surface area contributed by atoms with Crippen molar-refractivity contribution in [2.75, 3.05) is 0 Å². The molecule has 22 heavy (non-hydrogen) atoms. The van der Waals surface area contributed by atoms with Crippen LogP contribution in [0, 0.1) is 0 Å². The molecule has 3 N–H and O–H groups in total. The molecule has 0 aliphatic heterocycles. The number of ether oxygens (including phenoxy) is 1. The minimum absolute atomic E-state index is 0.106. The number of benzene rings is 2. The SMILES string of the molecule is NC(=O)C(=O)N/N=C\c1c(OC(F)F)ccc2ccccc12. The quantitative estimate of drug-likeness (QED) is 0.507. The molecule has 0 aliphatic carbocycles. The van der Waals surface area contributed by atoms with Crippen molar-refractivity contribution in [1.29, 1.82) is 0 Å². The van der Waals surface area contributed by atoms with Crippen molar-refractivity contribution in [2.45, 2.75) is 6.61 Å². The average molecular weight is 307 g/mol. The summed E-state index contributed by atoms with van der Waals surface area (Å²) in [5.41, 5.74) is 6.88. The molecule has 6 nitrogen and oxygen atoms in total. The van der Waals surface area contributed by atoms with Crippen molar-refractivity contribution in [2.24, 2.45) is 10.8 Å². The van der Waals surface area contributed by atoms with Gasteiger partial charge in [0.1, 0.15) is 5.75 Å². The molecular weight excluding hydrogens is 296 g/mol. The Bertz CT molecular complexity index is 747. The van der Waals surface area contributed by atoms with E-state index in [1.165, 1.54) is 6.07 Å². The number of carbonyl (C=O) groups is 2. The molecule has 2 aromatic rings. The van der Waals surface area contributed by atoms with Gasteiger partial charge in [-0.15, -0.1) is 0 Å². The van der Waals surface area contributed by atoms with E-state index < -0.39 is 18.4 Å². The average Bonchev–Trinajstić information content (AvgIpc) is 2.48. The van der Waals surface area contributed by atoms with Crippen LogP contribution in [0.1, 0.15) is 5.56 Å². The Balaban J connectivity index is 2.41. The lowest BCUT2D eigenvalue weighted by Gasteiger charge is -2.10. The summed E-state index contributed by atoms with van der Waals surface area (Å²) in [6.07, 6.45) is 1.11. The van der Waals surface area contributed by atoms with Gasteiger partial charge >= 0.3 is 18.4 Å². The van der Waals surface area contributed by atoms with Crippen LogP contribution in [0.25, 0.3) is 10.8 Å². The standard InChI is InChI=1S/C14H11F2N3O3/c15-14(16)22-11-6-5-8-3-1-2-4-9(8)10(11)7-18-19-13(21)12(17)20/h1-7,14H,(H2,17,20)(H,19,21)/b18-7-. The van der Waals surface area contributed by atoms with Gasteiger partial charge in [0.25, 0.3) is 0 Å². The Morgan fingerprint density at radius 3 is 2.64 bits per heavy atom. The van der Waals surface area contributed by atoms with Crippen LogP contribution in [0.5, 0.6) is 5.75 Å². The van der Waals surface area contributed by atoms with Gasteiger partial charge in [-0.05, 0) is 16.8 Å². The van der Waals surface area contributed by atoms with E-state index >= 15 is 0 Å². The van der Waals surface area contributed by atoms with Crippen LogP contribution in [0.4, 0.5) is 8.78 Å². The summed E-state index contributed by atoms with van der Waals surface area (Å²) in [4.78, 5) is 21.6. The number of hydrogen-bond acceptors (Lipinski definition) is 4. The smallest absolute Gasteiger partial charge is 0.387 e. The Labute approximate surface area is 123 Å². The zero-order valence-corrected chi connectivity index (χ0v) is 11.1. The third-order valence-electron chi connectivity index (χ3n) is 2.73. The van der Waals surface area contributed by atoms with Gasteiger partial charge in [-0.25, -0.2) is 5.43 Å². The molecule has 0 bridgehead atoms. The molecule has 0 atom stereocenters. The summed E-state index contributed by atoms with van der Waals surface area (Å²) >= 11 is 0. The van der Waals surface area contributed by atoms with E-state index in [1.54, 1.807) is 30.3 Å². The summed E-state index contributed by atoms with van der Waals surface area (Å²) in [5, 5.41) is 4.90. The monoisotopic (exact) mass is 307 g/mol. The molecule has 8 heteroatoms. The number of rotatable bonds is 4. The van der Waals surface area contributed by atoms with Crippen LogP contribution in [0.2, 0.25) is 0 Å². The zero-order valence-electron chi connectivity index (χ0n) is 11.1. The van der Waals surface area contributed by atoms with Crippen molar-refractivity contribution in [3.63, 3.8) is 0 Å². The van der Waals surface area contributed by atoms with Gasteiger partial charge in [0.15, 0.2) is 0 Å². The number of fused-ring (bicyclic) bond motifs is 1. The first-order valence-electron chi connectivity index (χ1n) is 6.08. The van der Waals surface area contributed by atoms with Gasteiger partial charge in [0.2, 0.25) is 0 Å². The van der Waals surface area contributed by atoms with Crippen LogP contribution in [-0.4, -0.2) is 24.6 Å². The molecule has 0 aliphatic rings. The topological polar surface area (TPSA) is 93.8 Å². The number of alkyl halides is 2. The first-order chi connectivity index (χ1) is 10.5. The van der Waals surface area contributed by atoms with Crippen LogP contribution in [-0.2, 0) is 9.59 Å². The molecule has 2 aromatic carbocycles. The second-order valence-corrected chi connectivity index (χ2v) is 4.14. The molecule has 114 valence electrons. The summed E-state index contributed by atoms with van der Waals surface area (Å²) in [6.45, 7) is -3.01. The van der Waals surface area contributed by atoms with Gasteiger partial charge in [-0.2, -0.15) is 13.9 Å². The molecule has 0 fully saturated rings. The predicted octanol–water partition coefficient (Wildman–Crippen LogP) is 1.38. The Kier molecular flexibility index (Phi) is 4.62. The largest absolute Gasteiger partial charge is 0.434 e. The Hall–Kier alpha value is -3.03. The summed E-state index contributed by atoms with van der Waals surface area (Å²) in [5.74, 6) is -2.43. The minimum atomic E-state index is -3.01. The van der Waals surface area contributed by atoms with Crippen molar-refractivity contribution in [1.82, 2.24) is 5.43 Å². The highest BCUT2D eigenvalue weighted by Gasteiger charge is 2.12. The molecule has 0 spiro atoms.